The summed E-state index contributed by atoms with van der Waals surface area (Å²) in [5.41, 5.74) is 1.49. The molecule has 0 radical (unpaired) electrons. The molecule has 0 amide bonds. The highest BCUT2D eigenvalue weighted by molar-refractivity contribution is 6.31. The van der Waals surface area contributed by atoms with Crippen LogP contribution in [0.2, 0.25) is 5.15 Å². The molecule has 0 bridgehead atoms. The SMILES string of the molecule is CCOC(=O)c1cccc(Cn2nc(C(=O)OCC)c(CC=O)c2Cl)c1. The molecule has 7 nitrogen and oxygen atoms in total. The van der Waals surface area contributed by atoms with Crippen LogP contribution >= 0.6 is 11.6 Å². The van der Waals surface area contributed by atoms with Gasteiger partial charge in [-0.25, -0.2) is 14.3 Å². The second kappa shape index (κ2) is 9.15. The minimum absolute atomic E-state index is 0.0190. The minimum atomic E-state index is -0.634. The van der Waals surface area contributed by atoms with Crippen LogP contribution in [0.1, 0.15) is 45.8 Å². The molecule has 0 fully saturated rings. The van der Waals surface area contributed by atoms with Crippen molar-refractivity contribution in [2.75, 3.05) is 13.2 Å². The highest BCUT2D eigenvalue weighted by atomic mass is 35.5. The van der Waals surface area contributed by atoms with Crippen LogP contribution in [0.5, 0.6) is 0 Å². The summed E-state index contributed by atoms with van der Waals surface area (Å²) in [4.78, 5) is 34.8. The van der Waals surface area contributed by atoms with Gasteiger partial charge in [0.1, 0.15) is 11.4 Å². The Morgan fingerprint density at radius 2 is 1.88 bits per heavy atom. The Hall–Kier alpha value is -2.67. The maximum Gasteiger partial charge on any atom is 0.359 e. The van der Waals surface area contributed by atoms with Gasteiger partial charge in [0.05, 0.1) is 25.3 Å². The largest absolute Gasteiger partial charge is 0.462 e. The van der Waals surface area contributed by atoms with E-state index in [1.807, 2.05) is 0 Å². The van der Waals surface area contributed by atoms with Gasteiger partial charge < -0.3 is 14.3 Å². The van der Waals surface area contributed by atoms with Crippen LogP contribution in [0.25, 0.3) is 0 Å². The topological polar surface area (TPSA) is 87.5 Å². The Morgan fingerprint density at radius 1 is 1.19 bits per heavy atom. The molecule has 26 heavy (non-hydrogen) atoms. The molecule has 138 valence electrons. The number of hydrogen-bond donors (Lipinski definition) is 0. The summed E-state index contributed by atoms with van der Waals surface area (Å²) < 4.78 is 11.3. The Morgan fingerprint density at radius 3 is 2.54 bits per heavy atom. The van der Waals surface area contributed by atoms with Gasteiger partial charge in [0, 0.05) is 12.0 Å². The predicted molar refractivity (Wildman–Crippen MR) is 94.5 cm³/mol. The van der Waals surface area contributed by atoms with Crippen LogP contribution in [0.3, 0.4) is 0 Å². The zero-order valence-corrected chi connectivity index (χ0v) is 15.3. The van der Waals surface area contributed by atoms with Crippen LogP contribution in [0.4, 0.5) is 0 Å². The first-order valence-electron chi connectivity index (χ1n) is 8.13. The predicted octanol–water partition coefficient (Wildman–Crippen LogP) is 2.68. The summed E-state index contributed by atoms with van der Waals surface area (Å²) in [5.74, 6) is -1.06. The summed E-state index contributed by atoms with van der Waals surface area (Å²) >= 11 is 6.30. The van der Waals surface area contributed by atoms with Gasteiger partial charge in [-0.1, -0.05) is 23.7 Å². The lowest BCUT2D eigenvalue weighted by molar-refractivity contribution is -0.107. The average Bonchev–Trinajstić information content (AvgIpc) is 2.92. The molecule has 0 aliphatic heterocycles. The first kappa shape index (κ1) is 19.7. The molecule has 0 aliphatic rings. The fourth-order valence-corrected chi connectivity index (χ4v) is 2.66. The van der Waals surface area contributed by atoms with Gasteiger partial charge >= 0.3 is 11.9 Å². The molecule has 1 heterocycles. The molecule has 0 spiro atoms. The van der Waals surface area contributed by atoms with Crippen molar-refractivity contribution in [1.82, 2.24) is 9.78 Å². The molecule has 0 N–H and O–H groups in total. The highest BCUT2D eigenvalue weighted by Crippen LogP contribution is 2.22. The number of halogens is 1. The van der Waals surface area contributed by atoms with Crippen molar-refractivity contribution in [2.24, 2.45) is 0 Å². The molecule has 1 aromatic carbocycles. The molecule has 2 aromatic rings. The van der Waals surface area contributed by atoms with E-state index in [2.05, 4.69) is 5.10 Å². The molecule has 0 aliphatic carbocycles. The van der Waals surface area contributed by atoms with Crippen LogP contribution in [0, 0.1) is 0 Å². The van der Waals surface area contributed by atoms with Gasteiger partial charge in [-0.05, 0) is 31.5 Å². The van der Waals surface area contributed by atoms with Crippen molar-refractivity contribution < 1.29 is 23.9 Å². The molecule has 0 saturated carbocycles. The lowest BCUT2D eigenvalue weighted by atomic mass is 10.1. The number of esters is 2. The van der Waals surface area contributed by atoms with Crippen molar-refractivity contribution in [3.63, 3.8) is 0 Å². The van der Waals surface area contributed by atoms with E-state index in [4.69, 9.17) is 21.1 Å². The Bertz CT molecular complexity index is 816. The van der Waals surface area contributed by atoms with Crippen LogP contribution in [-0.2, 0) is 27.2 Å². The molecule has 8 heteroatoms. The Kier molecular flexibility index (Phi) is 6.91. The lowest BCUT2D eigenvalue weighted by Gasteiger charge is -2.06. The normalized spacial score (nSPS) is 10.4. The highest BCUT2D eigenvalue weighted by Gasteiger charge is 2.23. The maximum absolute atomic E-state index is 12.0. The van der Waals surface area contributed by atoms with E-state index < -0.39 is 11.9 Å². The molecule has 0 saturated heterocycles. The third kappa shape index (κ3) is 4.49. The van der Waals surface area contributed by atoms with E-state index in [0.29, 0.717) is 17.4 Å². The second-order valence-electron chi connectivity index (χ2n) is 5.29. The fraction of sp³-hybridized carbons (Fsp3) is 0.333. The van der Waals surface area contributed by atoms with E-state index in [9.17, 15) is 14.4 Å². The summed E-state index contributed by atoms with van der Waals surface area (Å²) in [6.07, 6.45) is 0.604. The van der Waals surface area contributed by atoms with Crippen molar-refractivity contribution in [1.29, 1.82) is 0 Å². The summed E-state index contributed by atoms with van der Waals surface area (Å²) in [5, 5.41) is 4.37. The van der Waals surface area contributed by atoms with Gasteiger partial charge in [-0.15, -0.1) is 0 Å². The monoisotopic (exact) mass is 378 g/mol. The number of aldehydes is 1. The van der Waals surface area contributed by atoms with Gasteiger partial charge in [-0.2, -0.15) is 5.10 Å². The van der Waals surface area contributed by atoms with E-state index >= 15 is 0 Å². The first-order valence-corrected chi connectivity index (χ1v) is 8.51. The van der Waals surface area contributed by atoms with Crippen molar-refractivity contribution in [2.45, 2.75) is 26.8 Å². The Balaban J connectivity index is 2.33. The third-order valence-electron chi connectivity index (χ3n) is 3.51. The molecular weight excluding hydrogens is 360 g/mol. The van der Waals surface area contributed by atoms with E-state index in [1.54, 1.807) is 38.1 Å². The maximum atomic E-state index is 12.0. The van der Waals surface area contributed by atoms with Gasteiger partial charge in [0.15, 0.2) is 5.69 Å². The number of aromatic nitrogens is 2. The van der Waals surface area contributed by atoms with E-state index in [-0.39, 0.29) is 37.0 Å². The fourth-order valence-electron chi connectivity index (χ4n) is 2.39. The summed E-state index contributed by atoms with van der Waals surface area (Å²) in [6.45, 7) is 4.10. The van der Waals surface area contributed by atoms with Crippen LogP contribution in [-0.4, -0.2) is 41.2 Å². The van der Waals surface area contributed by atoms with Gasteiger partial charge in [0.2, 0.25) is 0 Å². The van der Waals surface area contributed by atoms with Gasteiger partial charge in [-0.3, -0.25) is 0 Å². The molecular formula is C18H19ClN2O5. The molecule has 0 atom stereocenters. The second-order valence-corrected chi connectivity index (χ2v) is 5.65. The summed E-state index contributed by atoms with van der Waals surface area (Å²) in [7, 11) is 0. The van der Waals surface area contributed by atoms with Crippen molar-refractivity contribution in [3.8, 4) is 0 Å². The number of carbonyl (C=O) groups excluding carboxylic acids is 3. The summed E-state index contributed by atoms with van der Waals surface area (Å²) in [6, 6.07) is 6.83. The number of hydrogen-bond acceptors (Lipinski definition) is 6. The van der Waals surface area contributed by atoms with E-state index in [0.717, 1.165) is 5.56 Å². The van der Waals surface area contributed by atoms with Crippen LogP contribution in [0.15, 0.2) is 24.3 Å². The number of carbonyl (C=O) groups is 3. The average molecular weight is 379 g/mol. The van der Waals surface area contributed by atoms with E-state index in [1.165, 1.54) is 4.68 Å². The molecule has 0 unspecified atom stereocenters. The smallest absolute Gasteiger partial charge is 0.359 e. The quantitative estimate of drug-likeness (QED) is 0.518. The van der Waals surface area contributed by atoms with Crippen molar-refractivity contribution in [3.05, 3.63) is 51.8 Å². The number of ether oxygens (including phenoxy) is 2. The minimum Gasteiger partial charge on any atom is -0.462 e. The first-order chi connectivity index (χ1) is 12.5. The van der Waals surface area contributed by atoms with Crippen LogP contribution < -0.4 is 0 Å². The molecule has 1 aromatic heterocycles. The van der Waals surface area contributed by atoms with Crippen molar-refractivity contribution >= 4 is 29.8 Å². The number of rotatable bonds is 8. The zero-order valence-electron chi connectivity index (χ0n) is 14.5. The molecule has 2 rings (SSSR count). The lowest BCUT2D eigenvalue weighted by Crippen LogP contribution is -2.10. The number of benzene rings is 1. The number of nitrogens with zero attached hydrogens (tertiary/aromatic N) is 2. The zero-order chi connectivity index (χ0) is 19.1. The Labute approximate surface area is 155 Å². The standard InChI is InChI=1S/C18H19ClN2O5/c1-3-25-17(23)13-7-5-6-12(10-13)11-21-16(19)14(8-9-22)15(20-21)18(24)26-4-2/h5-7,9-10H,3-4,8,11H2,1-2H3. The van der Waals surface area contributed by atoms with Gasteiger partial charge in [0.25, 0.3) is 0 Å². The third-order valence-corrected chi connectivity index (χ3v) is 3.93.